The van der Waals surface area contributed by atoms with E-state index in [1.165, 1.54) is 11.1 Å². The molecule has 214 valence electrons. The van der Waals surface area contributed by atoms with Crippen molar-refractivity contribution in [3.8, 4) is 22.4 Å². The van der Waals surface area contributed by atoms with Crippen molar-refractivity contribution in [2.24, 2.45) is 0 Å². The maximum Gasteiger partial charge on any atom is 0.253 e. The van der Waals surface area contributed by atoms with E-state index in [2.05, 4.69) is 91.7 Å². The van der Waals surface area contributed by atoms with Crippen LogP contribution in [0.5, 0.6) is 0 Å². The number of rotatable bonds is 5. The summed E-state index contributed by atoms with van der Waals surface area (Å²) in [6.45, 7) is 12.4. The lowest BCUT2D eigenvalue weighted by atomic mass is 9.86. The van der Waals surface area contributed by atoms with Crippen molar-refractivity contribution >= 4 is 23.2 Å². The normalized spacial score (nSPS) is 14.5. The highest BCUT2D eigenvalue weighted by Gasteiger charge is 2.25. The van der Waals surface area contributed by atoms with Crippen LogP contribution in [0.3, 0.4) is 0 Å². The largest absolute Gasteiger partial charge is 0.336 e. The van der Waals surface area contributed by atoms with Crippen molar-refractivity contribution in [2.45, 2.75) is 39.7 Å². The predicted octanol–water partition coefficient (Wildman–Crippen LogP) is 7.89. The fourth-order valence-corrected chi connectivity index (χ4v) is 5.90. The van der Waals surface area contributed by atoms with Gasteiger partial charge in [0.25, 0.3) is 5.91 Å². The molecule has 1 amide bonds. The topological polar surface area (TPSA) is 40.9 Å². The number of fused-ring (bicyclic) bond motifs is 1. The first-order chi connectivity index (χ1) is 20.2. The Balaban J connectivity index is 1.26. The standard InChI is InChI=1S/C36H37ClN4O/c1-25-9-11-26(12-10-25)34-32(41-23-28(15-18-33(41)38-34)30-7-5-6-8-31(30)37)24-39-19-21-40(22-20-39)35(42)27-13-16-29(17-14-27)36(2,3)4/h5-18,23H,19-22,24H2,1-4H3. The quantitative estimate of drug-likeness (QED) is 0.214. The van der Waals surface area contributed by atoms with Crippen LogP contribution >= 0.6 is 11.6 Å². The van der Waals surface area contributed by atoms with E-state index >= 15 is 0 Å². The van der Waals surface area contributed by atoms with Crippen LogP contribution in [0.4, 0.5) is 0 Å². The van der Waals surface area contributed by atoms with E-state index in [4.69, 9.17) is 16.6 Å². The molecule has 0 radical (unpaired) electrons. The van der Waals surface area contributed by atoms with Gasteiger partial charge in [0.1, 0.15) is 5.65 Å². The maximum absolute atomic E-state index is 13.3. The number of hydrogen-bond acceptors (Lipinski definition) is 3. The molecule has 0 N–H and O–H groups in total. The van der Waals surface area contributed by atoms with E-state index in [9.17, 15) is 4.79 Å². The molecular weight excluding hydrogens is 540 g/mol. The van der Waals surface area contributed by atoms with Crippen molar-refractivity contribution in [3.05, 3.63) is 119 Å². The van der Waals surface area contributed by atoms with Crippen LogP contribution in [0.2, 0.25) is 5.02 Å². The average Bonchev–Trinajstić information content (AvgIpc) is 3.35. The Bertz CT molecular complexity index is 1720. The third-order valence-electron chi connectivity index (χ3n) is 8.26. The molecule has 1 aliphatic heterocycles. The zero-order valence-electron chi connectivity index (χ0n) is 24.8. The van der Waals surface area contributed by atoms with Gasteiger partial charge in [-0.2, -0.15) is 0 Å². The van der Waals surface area contributed by atoms with Gasteiger partial charge in [-0.3, -0.25) is 9.69 Å². The second-order valence-corrected chi connectivity index (χ2v) is 12.7. The average molecular weight is 577 g/mol. The molecule has 0 saturated carbocycles. The van der Waals surface area contributed by atoms with Crippen LogP contribution in [-0.4, -0.2) is 51.3 Å². The summed E-state index contributed by atoms with van der Waals surface area (Å²) in [4.78, 5) is 22.8. The summed E-state index contributed by atoms with van der Waals surface area (Å²) in [6.07, 6.45) is 2.15. The van der Waals surface area contributed by atoms with Crippen LogP contribution in [0, 0.1) is 6.92 Å². The summed E-state index contributed by atoms with van der Waals surface area (Å²) < 4.78 is 2.21. The number of aromatic nitrogens is 2. The number of amides is 1. The number of nitrogens with zero attached hydrogens (tertiary/aromatic N) is 4. The number of piperazine rings is 1. The van der Waals surface area contributed by atoms with Crippen molar-refractivity contribution in [1.82, 2.24) is 19.2 Å². The van der Waals surface area contributed by atoms with Gasteiger partial charge >= 0.3 is 0 Å². The number of hydrogen-bond donors (Lipinski definition) is 0. The van der Waals surface area contributed by atoms with E-state index < -0.39 is 0 Å². The van der Waals surface area contributed by atoms with Crippen LogP contribution in [0.25, 0.3) is 28.0 Å². The summed E-state index contributed by atoms with van der Waals surface area (Å²) in [5.41, 5.74) is 9.47. The second kappa shape index (κ2) is 11.4. The Kier molecular flexibility index (Phi) is 7.65. The molecule has 0 bridgehead atoms. The van der Waals surface area contributed by atoms with Gasteiger partial charge < -0.3 is 9.30 Å². The Hall–Kier alpha value is -3.93. The smallest absolute Gasteiger partial charge is 0.253 e. The maximum atomic E-state index is 13.3. The highest BCUT2D eigenvalue weighted by Crippen LogP contribution is 2.31. The van der Waals surface area contributed by atoms with Gasteiger partial charge in [-0.25, -0.2) is 4.98 Å². The molecule has 2 aromatic heterocycles. The number of carbonyl (C=O) groups is 1. The Morgan fingerprint density at radius 1 is 0.833 bits per heavy atom. The van der Waals surface area contributed by atoms with E-state index in [1.807, 2.05) is 41.3 Å². The summed E-state index contributed by atoms with van der Waals surface area (Å²) in [5.74, 6) is 0.106. The van der Waals surface area contributed by atoms with E-state index in [0.29, 0.717) is 13.1 Å². The first kappa shape index (κ1) is 28.2. The molecule has 0 atom stereocenters. The van der Waals surface area contributed by atoms with Gasteiger partial charge in [-0.1, -0.05) is 92.5 Å². The minimum Gasteiger partial charge on any atom is -0.336 e. The summed E-state index contributed by atoms with van der Waals surface area (Å²) in [6, 6.07) is 28.8. The van der Waals surface area contributed by atoms with E-state index in [0.717, 1.165) is 63.9 Å². The molecule has 42 heavy (non-hydrogen) atoms. The second-order valence-electron chi connectivity index (χ2n) is 12.3. The lowest BCUT2D eigenvalue weighted by Crippen LogP contribution is -2.48. The lowest BCUT2D eigenvalue weighted by Gasteiger charge is -2.35. The van der Waals surface area contributed by atoms with Crippen LogP contribution in [0.1, 0.15) is 48.0 Å². The zero-order chi connectivity index (χ0) is 29.4. The van der Waals surface area contributed by atoms with Crippen molar-refractivity contribution < 1.29 is 4.79 Å². The summed E-state index contributed by atoms with van der Waals surface area (Å²) in [7, 11) is 0. The molecule has 6 heteroatoms. The molecule has 0 aliphatic carbocycles. The monoisotopic (exact) mass is 576 g/mol. The number of carbonyl (C=O) groups excluding carboxylic acids is 1. The van der Waals surface area contributed by atoms with Gasteiger partial charge in [0.2, 0.25) is 0 Å². The van der Waals surface area contributed by atoms with E-state index in [-0.39, 0.29) is 11.3 Å². The molecule has 5 nitrogen and oxygen atoms in total. The van der Waals surface area contributed by atoms with Crippen molar-refractivity contribution in [3.63, 3.8) is 0 Å². The van der Waals surface area contributed by atoms with Gasteiger partial charge in [-0.15, -0.1) is 0 Å². The molecule has 3 aromatic carbocycles. The number of aryl methyl sites for hydroxylation is 1. The van der Waals surface area contributed by atoms with Crippen LogP contribution in [0.15, 0.2) is 91.1 Å². The molecule has 0 spiro atoms. The Morgan fingerprint density at radius 2 is 1.50 bits per heavy atom. The highest BCUT2D eigenvalue weighted by atomic mass is 35.5. The number of benzene rings is 3. The third kappa shape index (κ3) is 5.72. The SMILES string of the molecule is Cc1ccc(-c2nc3ccc(-c4ccccc4Cl)cn3c2CN2CCN(C(=O)c3ccc(C(C)(C)C)cc3)CC2)cc1. The third-order valence-corrected chi connectivity index (χ3v) is 8.59. The fourth-order valence-electron chi connectivity index (χ4n) is 5.66. The molecule has 3 heterocycles. The Morgan fingerprint density at radius 3 is 2.17 bits per heavy atom. The molecule has 0 unspecified atom stereocenters. The molecule has 5 aromatic rings. The highest BCUT2D eigenvalue weighted by molar-refractivity contribution is 6.33. The first-order valence-electron chi connectivity index (χ1n) is 14.6. The minimum atomic E-state index is 0.0661. The lowest BCUT2D eigenvalue weighted by molar-refractivity contribution is 0.0627. The molecule has 1 fully saturated rings. The summed E-state index contributed by atoms with van der Waals surface area (Å²) >= 11 is 6.57. The first-order valence-corrected chi connectivity index (χ1v) is 15.0. The molecule has 1 aliphatic rings. The molecular formula is C36H37ClN4O. The van der Waals surface area contributed by atoms with Crippen molar-refractivity contribution in [1.29, 1.82) is 0 Å². The van der Waals surface area contributed by atoms with Gasteiger partial charge in [0.15, 0.2) is 0 Å². The Labute approximate surface area is 253 Å². The fraction of sp³-hybridized carbons (Fsp3) is 0.278. The van der Waals surface area contributed by atoms with Gasteiger partial charge in [0, 0.05) is 60.6 Å². The van der Waals surface area contributed by atoms with E-state index in [1.54, 1.807) is 0 Å². The number of pyridine rings is 1. The van der Waals surface area contributed by atoms with Crippen LogP contribution < -0.4 is 0 Å². The van der Waals surface area contributed by atoms with Crippen molar-refractivity contribution in [2.75, 3.05) is 26.2 Å². The van der Waals surface area contributed by atoms with Gasteiger partial charge in [-0.05, 0) is 53.8 Å². The predicted molar refractivity (Wildman–Crippen MR) is 172 cm³/mol. The molecule has 6 rings (SSSR count). The minimum absolute atomic E-state index is 0.0661. The number of imidazole rings is 1. The summed E-state index contributed by atoms with van der Waals surface area (Å²) in [5, 5.41) is 0.728. The zero-order valence-corrected chi connectivity index (χ0v) is 25.5. The van der Waals surface area contributed by atoms with Gasteiger partial charge in [0.05, 0.1) is 11.4 Å². The molecule has 1 saturated heterocycles. The number of halogens is 1. The van der Waals surface area contributed by atoms with Crippen LogP contribution in [-0.2, 0) is 12.0 Å².